The zero-order valence-electron chi connectivity index (χ0n) is 15.1. The van der Waals surface area contributed by atoms with Crippen LogP contribution in [-0.2, 0) is 9.59 Å². The van der Waals surface area contributed by atoms with E-state index in [9.17, 15) is 9.59 Å². The summed E-state index contributed by atoms with van der Waals surface area (Å²) in [7, 11) is 3.82. The van der Waals surface area contributed by atoms with E-state index in [0.717, 1.165) is 16.9 Å². The summed E-state index contributed by atoms with van der Waals surface area (Å²) in [5.74, 6) is 0.563. The molecule has 2 amide bonds. The summed E-state index contributed by atoms with van der Waals surface area (Å²) in [5.41, 5.74) is 2.64. The van der Waals surface area contributed by atoms with Crippen LogP contribution in [0.4, 0.5) is 11.5 Å². The molecule has 1 aromatic carbocycles. The van der Waals surface area contributed by atoms with Crippen molar-refractivity contribution in [3.63, 3.8) is 0 Å². The number of carbonyl (C=O) groups is 2. The summed E-state index contributed by atoms with van der Waals surface area (Å²) in [6, 6.07) is 11.2. The molecule has 0 unspecified atom stereocenters. The Bertz CT molecular complexity index is 843. The number of aromatic nitrogens is 1. The van der Waals surface area contributed by atoms with Crippen molar-refractivity contribution in [2.24, 2.45) is 0 Å². The molecule has 1 aliphatic rings. The van der Waals surface area contributed by atoms with E-state index < -0.39 is 0 Å². The van der Waals surface area contributed by atoms with Crippen LogP contribution in [0.15, 0.2) is 48.8 Å². The summed E-state index contributed by atoms with van der Waals surface area (Å²) >= 11 is 0. The van der Waals surface area contributed by atoms with Gasteiger partial charge in [-0.2, -0.15) is 0 Å². The molecule has 0 saturated heterocycles. The first kappa shape index (κ1) is 17.7. The number of nitrogens with zero attached hydrogens (tertiary/aromatic N) is 3. The summed E-state index contributed by atoms with van der Waals surface area (Å²) in [5, 5.41) is 2.86. The second-order valence-corrected chi connectivity index (χ2v) is 6.44. The van der Waals surface area contributed by atoms with Gasteiger partial charge < -0.3 is 15.1 Å². The summed E-state index contributed by atoms with van der Waals surface area (Å²) in [6.07, 6.45) is 5.45. The van der Waals surface area contributed by atoms with E-state index in [4.69, 9.17) is 0 Å². The number of anilines is 2. The molecule has 0 radical (unpaired) electrons. The molecule has 6 nitrogen and oxygen atoms in total. The van der Waals surface area contributed by atoms with Crippen LogP contribution in [0.2, 0.25) is 0 Å². The van der Waals surface area contributed by atoms with Crippen LogP contribution in [0.25, 0.3) is 6.08 Å². The predicted molar refractivity (Wildman–Crippen MR) is 103 cm³/mol. The fourth-order valence-corrected chi connectivity index (χ4v) is 3.03. The maximum Gasteiger partial charge on any atom is 0.226 e. The molecule has 134 valence electrons. The van der Waals surface area contributed by atoms with E-state index in [0.29, 0.717) is 5.69 Å². The van der Waals surface area contributed by atoms with Crippen LogP contribution in [0.3, 0.4) is 0 Å². The monoisotopic (exact) mass is 350 g/mol. The number of nitrogens with one attached hydrogen (secondary N) is 1. The normalized spacial score (nSPS) is 15.3. The van der Waals surface area contributed by atoms with Crippen molar-refractivity contribution >= 4 is 29.4 Å². The van der Waals surface area contributed by atoms with E-state index in [1.165, 1.54) is 6.92 Å². The molecule has 0 fully saturated rings. The fraction of sp³-hybridized carbons (Fsp3) is 0.250. The summed E-state index contributed by atoms with van der Waals surface area (Å²) in [6.45, 7) is 1.51. The van der Waals surface area contributed by atoms with Crippen molar-refractivity contribution in [3.8, 4) is 0 Å². The van der Waals surface area contributed by atoms with Crippen molar-refractivity contribution in [2.75, 3.05) is 24.3 Å². The fourth-order valence-electron chi connectivity index (χ4n) is 3.03. The minimum Gasteiger partial charge on any atom is -0.363 e. The smallest absolute Gasteiger partial charge is 0.226 e. The minimum atomic E-state index is -0.317. The van der Waals surface area contributed by atoms with E-state index in [2.05, 4.69) is 10.3 Å². The van der Waals surface area contributed by atoms with Gasteiger partial charge in [0.25, 0.3) is 0 Å². The molecule has 1 aliphatic heterocycles. The highest BCUT2D eigenvalue weighted by atomic mass is 16.2. The summed E-state index contributed by atoms with van der Waals surface area (Å²) < 4.78 is 0. The lowest BCUT2D eigenvalue weighted by Gasteiger charge is -2.32. The Morgan fingerprint density at radius 2 is 1.96 bits per heavy atom. The van der Waals surface area contributed by atoms with E-state index >= 15 is 0 Å². The topological polar surface area (TPSA) is 65.5 Å². The van der Waals surface area contributed by atoms with E-state index in [1.807, 2.05) is 61.5 Å². The molecule has 6 heteroatoms. The molecule has 1 aromatic heterocycles. The van der Waals surface area contributed by atoms with Gasteiger partial charge in [-0.3, -0.25) is 9.59 Å². The third-order valence-electron chi connectivity index (χ3n) is 4.34. The largest absolute Gasteiger partial charge is 0.363 e. The van der Waals surface area contributed by atoms with Gasteiger partial charge in [-0.1, -0.05) is 24.3 Å². The van der Waals surface area contributed by atoms with Crippen LogP contribution < -0.4 is 10.2 Å². The molecule has 0 bridgehead atoms. The van der Waals surface area contributed by atoms with Gasteiger partial charge in [0.05, 0.1) is 24.3 Å². The number of hydrogen-bond acceptors (Lipinski definition) is 4. The van der Waals surface area contributed by atoms with Gasteiger partial charge in [0.2, 0.25) is 11.8 Å². The van der Waals surface area contributed by atoms with Crippen LogP contribution in [0, 0.1) is 0 Å². The molecule has 2 aromatic rings. The Labute approximate surface area is 153 Å². The molecule has 0 aliphatic carbocycles. The number of rotatable bonds is 4. The third kappa shape index (κ3) is 3.74. The Morgan fingerprint density at radius 3 is 2.62 bits per heavy atom. The summed E-state index contributed by atoms with van der Waals surface area (Å²) in [4.78, 5) is 32.3. The van der Waals surface area contributed by atoms with Crippen LogP contribution >= 0.6 is 0 Å². The van der Waals surface area contributed by atoms with E-state index in [-0.39, 0.29) is 24.3 Å². The highest BCUT2D eigenvalue weighted by Gasteiger charge is 2.28. The van der Waals surface area contributed by atoms with Gasteiger partial charge in [0.15, 0.2) is 0 Å². The van der Waals surface area contributed by atoms with Crippen LogP contribution in [0.1, 0.15) is 30.5 Å². The third-order valence-corrected chi connectivity index (χ3v) is 4.34. The first-order valence-corrected chi connectivity index (χ1v) is 8.45. The highest BCUT2D eigenvalue weighted by Crippen LogP contribution is 2.33. The van der Waals surface area contributed by atoms with Gasteiger partial charge in [-0.05, 0) is 29.3 Å². The maximum atomic E-state index is 12.6. The lowest BCUT2D eigenvalue weighted by atomic mass is 9.93. The molecule has 1 N–H and O–H groups in total. The highest BCUT2D eigenvalue weighted by molar-refractivity contribution is 5.92. The molecule has 1 atom stereocenters. The Hall–Kier alpha value is -3.15. The maximum absolute atomic E-state index is 12.6. The first-order valence-electron chi connectivity index (χ1n) is 8.45. The zero-order valence-corrected chi connectivity index (χ0v) is 15.1. The molecule has 0 saturated carbocycles. The Morgan fingerprint density at radius 1 is 1.19 bits per heavy atom. The van der Waals surface area contributed by atoms with Crippen LogP contribution in [0.5, 0.6) is 0 Å². The molecule has 2 heterocycles. The number of fused-ring (bicyclic) bond motifs is 1. The van der Waals surface area contributed by atoms with Gasteiger partial charge in [0.1, 0.15) is 5.82 Å². The van der Waals surface area contributed by atoms with Gasteiger partial charge in [0, 0.05) is 27.2 Å². The first-order chi connectivity index (χ1) is 12.5. The molecular formula is C20H22N4O2. The van der Waals surface area contributed by atoms with Crippen LogP contribution in [-0.4, -0.2) is 35.8 Å². The lowest BCUT2D eigenvalue weighted by molar-refractivity contribution is -0.129. The molecule has 26 heavy (non-hydrogen) atoms. The van der Waals surface area contributed by atoms with Crippen molar-refractivity contribution in [1.82, 2.24) is 9.88 Å². The standard InChI is InChI=1S/C20H22N4O2/c1-14(25)24-11-10-15-6-4-5-7-17(15)18(24)12-20(26)22-16-8-9-19(21-13-16)23(2)3/h4-11,13,18H,12H2,1-3H3,(H,22,26)/t18-/m0/s1. The van der Waals surface area contributed by atoms with Crippen molar-refractivity contribution < 1.29 is 9.59 Å². The number of carbonyl (C=O) groups excluding carboxylic acids is 2. The molecular weight excluding hydrogens is 328 g/mol. The van der Waals surface area contributed by atoms with Crippen molar-refractivity contribution in [2.45, 2.75) is 19.4 Å². The Kier molecular flexibility index (Phi) is 5.02. The van der Waals surface area contributed by atoms with E-state index in [1.54, 1.807) is 17.3 Å². The Balaban J connectivity index is 1.76. The second-order valence-electron chi connectivity index (χ2n) is 6.44. The minimum absolute atomic E-state index is 0.0921. The average molecular weight is 350 g/mol. The SMILES string of the molecule is CC(=O)N1C=Cc2ccccc2[C@@H]1CC(=O)Nc1ccc(N(C)C)nc1. The lowest BCUT2D eigenvalue weighted by Crippen LogP contribution is -2.33. The number of hydrogen-bond donors (Lipinski definition) is 1. The van der Waals surface area contributed by atoms with Crippen molar-refractivity contribution in [1.29, 1.82) is 0 Å². The van der Waals surface area contributed by atoms with Gasteiger partial charge in [-0.25, -0.2) is 4.98 Å². The number of pyridine rings is 1. The molecule has 0 spiro atoms. The second kappa shape index (κ2) is 7.39. The quantitative estimate of drug-likeness (QED) is 0.920. The number of amides is 2. The zero-order chi connectivity index (χ0) is 18.7. The number of benzene rings is 1. The molecule has 3 rings (SSSR count). The van der Waals surface area contributed by atoms with Crippen molar-refractivity contribution in [3.05, 3.63) is 59.9 Å². The average Bonchev–Trinajstić information content (AvgIpc) is 2.62. The van der Waals surface area contributed by atoms with Gasteiger partial charge >= 0.3 is 0 Å². The van der Waals surface area contributed by atoms with Gasteiger partial charge in [-0.15, -0.1) is 0 Å². The predicted octanol–water partition coefficient (Wildman–Crippen LogP) is 3.05.